The fourth-order valence-electron chi connectivity index (χ4n) is 6.75. The third kappa shape index (κ3) is 5.13. The van der Waals surface area contributed by atoms with Gasteiger partial charge in [0.05, 0.1) is 17.4 Å². The Morgan fingerprint density at radius 1 is 1.11 bits per heavy atom. The molecule has 0 spiro atoms. The zero-order chi connectivity index (χ0) is 30.5. The average Bonchev–Trinajstić information content (AvgIpc) is 3.59. The number of amides is 1. The van der Waals surface area contributed by atoms with Gasteiger partial charge in [0, 0.05) is 62.4 Å². The van der Waals surface area contributed by atoms with E-state index in [-0.39, 0.29) is 24.0 Å². The van der Waals surface area contributed by atoms with E-state index in [1.165, 1.54) is 23.1 Å². The standard InChI is InChI=1S/C33H36N6O4S/c1-20(40)43-19-22-9-5-7-11-27(22)39-29(17-38-26-10-6-4-8-21(26)15-28(38)32(39)42)23-14-25(31(41)37(3)16-23)35-33-34-24-12-13-36(2)18-30(24)44-33/h5,7,9,11,14-16,29H,4,6,8,10,12-13,17-19H2,1-3H3,(H,34,35). The summed E-state index contributed by atoms with van der Waals surface area (Å²) in [5.41, 5.74) is 6.76. The molecule has 3 aromatic heterocycles. The first-order valence-corrected chi connectivity index (χ1v) is 16.0. The van der Waals surface area contributed by atoms with Crippen molar-refractivity contribution in [1.82, 2.24) is 19.0 Å². The van der Waals surface area contributed by atoms with Gasteiger partial charge in [0.1, 0.15) is 18.0 Å². The van der Waals surface area contributed by atoms with Crippen molar-refractivity contribution in [2.45, 2.75) is 64.8 Å². The molecule has 0 bridgehead atoms. The number of pyridine rings is 1. The number of rotatable bonds is 6. The van der Waals surface area contributed by atoms with E-state index in [1.807, 2.05) is 41.4 Å². The molecule has 1 N–H and O–H groups in total. The van der Waals surface area contributed by atoms with Crippen molar-refractivity contribution in [3.05, 3.63) is 91.6 Å². The summed E-state index contributed by atoms with van der Waals surface area (Å²) in [6, 6.07) is 11.1. The molecule has 4 aromatic rings. The predicted molar refractivity (Wildman–Crippen MR) is 170 cm³/mol. The van der Waals surface area contributed by atoms with E-state index in [9.17, 15) is 14.4 Å². The van der Waals surface area contributed by atoms with E-state index in [1.54, 1.807) is 23.0 Å². The largest absolute Gasteiger partial charge is 0.461 e. The van der Waals surface area contributed by atoms with Crippen LogP contribution in [0.4, 0.5) is 16.5 Å². The Bertz CT molecular complexity index is 1840. The van der Waals surface area contributed by atoms with E-state index in [4.69, 9.17) is 9.72 Å². The molecule has 10 nitrogen and oxygen atoms in total. The van der Waals surface area contributed by atoms with Gasteiger partial charge in [-0.05, 0) is 62.1 Å². The summed E-state index contributed by atoms with van der Waals surface area (Å²) in [4.78, 5) is 49.7. The number of esters is 1. The van der Waals surface area contributed by atoms with E-state index < -0.39 is 6.04 Å². The molecule has 3 aliphatic rings. The van der Waals surface area contributed by atoms with E-state index in [0.717, 1.165) is 62.0 Å². The lowest BCUT2D eigenvalue weighted by molar-refractivity contribution is -0.142. The van der Waals surface area contributed by atoms with Crippen LogP contribution in [-0.2, 0) is 55.5 Å². The maximum atomic E-state index is 14.5. The molecule has 228 valence electrons. The van der Waals surface area contributed by atoms with Gasteiger partial charge in [-0.1, -0.05) is 18.2 Å². The Hall–Kier alpha value is -4.22. The Labute approximate surface area is 259 Å². The number of carbonyl (C=O) groups is 2. The van der Waals surface area contributed by atoms with Crippen molar-refractivity contribution < 1.29 is 14.3 Å². The fraction of sp³-hybridized carbons (Fsp3) is 0.394. The number of carbonyl (C=O) groups excluding carboxylic acids is 2. The number of ether oxygens (including phenoxy) is 1. The lowest BCUT2D eigenvalue weighted by Gasteiger charge is -2.39. The van der Waals surface area contributed by atoms with Crippen LogP contribution in [0.25, 0.3) is 0 Å². The van der Waals surface area contributed by atoms with Gasteiger partial charge in [-0.2, -0.15) is 0 Å². The molecule has 11 heteroatoms. The van der Waals surface area contributed by atoms with Gasteiger partial charge >= 0.3 is 5.97 Å². The molecule has 1 amide bonds. The van der Waals surface area contributed by atoms with Crippen LogP contribution in [0, 0.1) is 0 Å². The van der Waals surface area contributed by atoms with Crippen LogP contribution in [-0.4, -0.2) is 44.5 Å². The molecule has 44 heavy (non-hydrogen) atoms. The Balaban J connectivity index is 1.32. The van der Waals surface area contributed by atoms with Crippen molar-refractivity contribution in [3.8, 4) is 0 Å². The molecule has 0 saturated carbocycles. The summed E-state index contributed by atoms with van der Waals surface area (Å²) in [6.07, 6.45) is 6.86. The van der Waals surface area contributed by atoms with Gasteiger partial charge in [0.2, 0.25) is 0 Å². The number of anilines is 3. The van der Waals surface area contributed by atoms with Crippen molar-refractivity contribution in [2.24, 2.45) is 7.05 Å². The smallest absolute Gasteiger partial charge is 0.302 e. The SMILES string of the molecule is CC(=O)OCc1ccccc1N1C(=O)c2cc3c(n2CC1c1cc(Nc2nc4c(s2)CN(C)CC4)c(=O)n(C)c1)CCCC3. The molecular weight excluding hydrogens is 576 g/mol. The Kier molecular flexibility index (Phi) is 7.37. The van der Waals surface area contributed by atoms with E-state index >= 15 is 0 Å². The van der Waals surface area contributed by atoms with Gasteiger partial charge < -0.3 is 24.1 Å². The van der Waals surface area contributed by atoms with Crippen LogP contribution in [0.2, 0.25) is 0 Å². The predicted octanol–water partition coefficient (Wildman–Crippen LogP) is 4.72. The summed E-state index contributed by atoms with van der Waals surface area (Å²) in [7, 11) is 3.84. The fourth-order valence-corrected chi connectivity index (χ4v) is 7.85. The van der Waals surface area contributed by atoms with E-state index in [0.29, 0.717) is 28.7 Å². The molecule has 1 unspecified atom stereocenters. The van der Waals surface area contributed by atoms with Crippen LogP contribution >= 0.6 is 11.3 Å². The molecule has 1 aromatic carbocycles. The molecule has 0 saturated heterocycles. The highest BCUT2D eigenvalue weighted by molar-refractivity contribution is 7.15. The zero-order valence-electron chi connectivity index (χ0n) is 25.3. The number of hydrogen-bond acceptors (Lipinski definition) is 8. The normalized spacial score (nSPS) is 18.0. The van der Waals surface area contributed by atoms with Crippen molar-refractivity contribution in [2.75, 3.05) is 23.8 Å². The Morgan fingerprint density at radius 2 is 1.93 bits per heavy atom. The number of nitrogens with zero attached hydrogens (tertiary/aromatic N) is 5. The van der Waals surface area contributed by atoms with Gasteiger partial charge in [0.15, 0.2) is 5.13 Å². The molecule has 5 heterocycles. The molecule has 1 atom stereocenters. The number of aryl methyl sites for hydroxylation is 2. The quantitative estimate of drug-likeness (QED) is 0.315. The van der Waals surface area contributed by atoms with Gasteiger partial charge in [-0.15, -0.1) is 11.3 Å². The number of para-hydroxylation sites is 1. The zero-order valence-corrected chi connectivity index (χ0v) is 26.1. The Morgan fingerprint density at radius 3 is 2.77 bits per heavy atom. The van der Waals surface area contributed by atoms with Crippen LogP contribution in [0.1, 0.15) is 69.3 Å². The highest BCUT2D eigenvalue weighted by Gasteiger charge is 2.38. The van der Waals surface area contributed by atoms with Gasteiger partial charge in [-0.3, -0.25) is 19.3 Å². The van der Waals surface area contributed by atoms with Crippen LogP contribution in [0.3, 0.4) is 0 Å². The summed E-state index contributed by atoms with van der Waals surface area (Å²) < 4.78 is 9.15. The minimum Gasteiger partial charge on any atom is -0.461 e. The number of fused-ring (bicyclic) bond motifs is 4. The topological polar surface area (TPSA) is 102 Å². The molecule has 7 rings (SSSR count). The number of nitrogens with one attached hydrogen (secondary N) is 1. The molecule has 2 aliphatic heterocycles. The van der Waals surface area contributed by atoms with Crippen LogP contribution in [0.15, 0.2) is 47.4 Å². The van der Waals surface area contributed by atoms with Gasteiger partial charge in [-0.25, -0.2) is 4.98 Å². The van der Waals surface area contributed by atoms with Crippen molar-refractivity contribution in [1.29, 1.82) is 0 Å². The van der Waals surface area contributed by atoms with Crippen molar-refractivity contribution >= 4 is 39.7 Å². The molecule has 0 radical (unpaired) electrons. The van der Waals surface area contributed by atoms with Gasteiger partial charge in [0.25, 0.3) is 11.5 Å². The first-order valence-electron chi connectivity index (χ1n) is 15.2. The highest BCUT2D eigenvalue weighted by atomic mass is 32.1. The second-order valence-electron chi connectivity index (χ2n) is 12.0. The minimum atomic E-state index is -0.405. The highest BCUT2D eigenvalue weighted by Crippen LogP contribution is 2.40. The van der Waals surface area contributed by atoms with Crippen LogP contribution in [0.5, 0.6) is 0 Å². The molecular formula is C33H36N6O4S. The first kappa shape index (κ1) is 28.5. The number of benzene rings is 1. The number of hydrogen-bond donors (Lipinski definition) is 1. The minimum absolute atomic E-state index is 0.0590. The summed E-state index contributed by atoms with van der Waals surface area (Å²) in [5.74, 6) is -0.488. The molecule has 0 fully saturated rings. The number of likely N-dealkylation sites (N-methyl/N-ethyl adjacent to an activating group) is 1. The maximum absolute atomic E-state index is 14.5. The molecule has 1 aliphatic carbocycles. The second-order valence-corrected chi connectivity index (χ2v) is 13.1. The lowest BCUT2D eigenvalue weighted by Crippen LogP contribution is -2.44. The lowest BCUT2D eigenvalue weighted by atomic mass is 9.98. The van der Waals surface area contributed by atoms with E-state index in [2.05, 4.69) is 27.9 Å². The number of thiazole rings is 1. The first-order chi connectivity index (χ1) is 21.3. The summed E-state index contributed by atoms with van der Waals surface area (Å²) in [5, 5.41) is 4.03. The summed E-state index contributed by atoms with van der Waals surface area (Å²) >= 11 is 1.58. The third-order valence-electron chi connectivity index (χ3n) is 8.95. The third-order valence-corrected chi connectivity index (χ3v) is 9.95. The second kappa shape index (κ2) is 11.4. The maximum Gasteiger partial charge on any atom is 0.302 e. The summed E-state index contributed by atoms with van der Waals surface area (Å²) in [6.45, 7) is 3.80. The average molecular weight is 613 g/mol. The monoisotopic (exact) mass is 612 g/mol. The number of aromatic nitrogens is 3. The van der Waals surface area contributed by atoms with Crippen LogP contribution < -0.4 is 15.8 Å². The van der Waals surface area contributed by atoms with Crippen molar-refractivity contribution in [3.63, 3.8) is 0 Å².